The molecule has 4 aromatic rings. The topological polar surface area (TPSA) is 68.4 Å². The van der Waals surface area contributed by atoms with Crippen molar-refractivity contribution >= 4 is 34.9 Å². The van der Waals surface area contributed by atoms with Gasteiger partial charge in [0.1, 0.15) is 0 Å². The molecule has 0 aliphatic heterocycles. The smallest absolute Gasteiger partial charge is 0.306 e. The van der Waals surface area contributed by atoms with Gasteiger partial charge in [-0.25, -0.2) is 18.1 Å². The lowest BCUT2D eigenvalue weighted by molar-refractivity contribution is 0.259. The Balaban J connectivity index is 1.88. The Morgan fingerprint density at radius 2 is 1.67 bits per heavy atom. The third kappa shape index (κ3) is 4.12. The molecule has 1 aromatic heterocycles. The van der Waals surface area contributed by atoms with E-state index < -0.39 is 6.03 Å². The molecule has 150 valence electrons. The van der Waals surface area contributed by atoms with Crippen LogP contribution in [-0.2, 0) is 0 Å². The fourth-order valence-electron chi connectivity index (χ4n) is 2.97. The van der Waals surface area contributed by atoms with Crippen LogP contribution in [0.5, 0.6) is 0 Å². The second-order valence-corrected chi connectivity index (χ2v) is 7.81. The summed E-state index contributed by atoms with van der Waals surface area (Å²) in [7, 11) is 0. The average molecular weight is 437 g/mol. The molecule has 3 aromatic carbocycles. The highest BCUT2D eigenvalue weighted by Crippen LogP contribution is 2.18. The van der Waals surface area contributed by atoms with Gasteiger partial charge in [-0.2, -0.15) is 4.99 Å². The van der Waals surface area contributed by atoms with E-state index in [2.05, 4.69) is 10.3 Å². The van der Waals surface area contributed by atoms with Crippen LogP contribution in [-0.4, -0.2) is 14.6 Å². The van der Waals surface area contributed by atoms with E-state index >= 15 is 0 Å². The van der Waals surface area contributed by atoms with Crippen molar-refractivity contribution in [3.63, 3.8) is 0 Å². The SMILES string of the molecule is Cc1cc(Cl)ccc1-n1c(=O)n(-c2ccccc2)s/c1=N\C(=O)Nc1ccccc1. The van der Waals surface area contributed by atoms with Gasteiger partial charge in [0.2, 0.25) is 4.80 Å². The van der Waals surface area contributed by atoms with E-state index in [1.54, 1.807) is 30.3 Å². The van der Waals surface area contributed by atoms with Crippen molar-refractivity contribution in [2.24, 2.45) is 4.99 Å². The Hall–Kier alpha value is -3.42. The summed E-state index contributed by atoms with van der Waals surface area (Å²) >= 11 is 7.17. The van der Waals surface area contributed by atoms with Gasteiger partial charge < -0.3 is 5.32 Å². The Morgan fingerprint density at radius 3 is 2.33 bits per heavy atom. The molecule has 1 heterocycles. The summed E-state index contributed by atoms with van der Waals surface area (Å²) in [4.78, 5) is 30.3. The number of anilines is 1. The predicted molar refractivity (Wildman–Crippen MR) is 120 cm³/mol. The van der Waals surface area contributed by atoms with Gasteiger partial charge in [-0.3, -0.25) is 0 Å². The van der Waals surface area contributed by atoms with E-state index in [0.717, 1.165) is 17.1 Å². The number of aryl methyl sites for hydroxylation is 1. The van der Waals surface area contributed by atoms with Crippen molar-refractivity contribution < 1.29 is 4.79 Å². The number of carbonyl (C=O) groups excluding carboxylic acids is 1. The zero-order chi connectivity index (χ0) is 21.1. The first-order valence-electron chi connectivity index (χ1n) is 9.11. The Bertz CT molecular complexity index is 1320. The zero-order valence-electron chi connectivity index (χ0n) is 15.9. The molecule has 0 saturated heterocycles. The van der Waals surface area contributed by atoms with Crippen molar-refractivity contribution in [2.75, 3.05) is 5.32 Å². The quantitative estimate of drug-likeness (QED) is 0.502. The second kappa shape index (κ2) is 8.52. The van der Waals surface area contributed by atoms with Crippen LogP contribution < -0.4 is 15.8 Å². The maximum atomic E-state index is 13.3. The van der Waals surface area contributed by atoms with Gasteiger partial charge in [0.05, 0.1) is 11.4 Å². The standard InChI is InChI=1S/C22H17ClN4O2S/c1-15-14-16(23)12-13-19(15)26-21(25-20(28)24-17-8-4-2-5-9-17)30-27(22(26)29)18-10-6-3-7-11-18/h2-14H,1H3,(H,24,28)/b25-21-. The maximum absolute atomic E-state index is 13.3. The molecule has 6 nitrogen and oxygen atoms in total. The average Bonchev–Trinajstić information content (AvgIpc) is 3.05. The number of urea groups is 1. The number of halogens is 1. The number of carbonyl (C=O) groups is 1. The van der Waals surface area contributed by atoms with E-state index in [0.29, 0.717) is 22.1 Å². The normalized spacial score (nSPS) is 11.5. The minimum Gasteiger partial charge on any atom is -0.306 e. The second-order valence-electron chi connectivity index (χ2n) is 6.46. The molecule has 0 spiro atoms. The number of aromatic nitrogens is 2. The lowest BCUT2D eigenvalue weighted by atomic mass is 10.2. The number of nitrogens with one attached hydrogen (secondary N) is 1. The summed E-state index contributed by atoms with van der Waals surface area (Å²) in [6, 6.07) is 22.9. The molecule has 8 heteroatoms. The fourth-order valence-corrected chi connectivity index (χ4v) is 4.13. The van der Waals surface area contributed by atoms with Gasteiger partial charge in [-0.15, -0.1) is 0 Å². The molecule has 0 radical (unpaired) electrons. The number of nitrogens with zero attached hydrogens (tertiary/aromatic N) is 3. The molecule has 0 bridgehead atoms. The molecular weight excluding hydrogens is 420 g/mol. The van der Waals surface area contributed by atoms with E-state index in [9.17, 15) is 9.59 Å². The summed E-state index contributed by atoms with van der Waals surface area (Å²) in [5.41, 5.74) is 2.40. The van der Waals surface area contributed by atoms with Gasteiger partial charge in [-0.1, -0.05) is 48.0 Å². The van der Waals surface area contributed by atoms with Gasteiger partial charge in [0.25, 0.3) is 0 Å². The molecular formula is C22H17ClN4O2S. The molecule has 0 saturated carbocycles. The molecule has 0 atom stereocenters. The Morgan fingerprint density at radius 1 is 1.00 bits per heavy atom. The van der Waals surface area contributed by atoms with Gasteiger partial charge in [0.15, 0.2) is 0 Å². The Kier molecular flexibility index (Phi) is 5.65. The van der Waals surface area contributed by atoms with Crippen LogP contribution in [0.2, 0.25) is 5.02 Å². The van der Waals surface area contributed by atoms with Crippen LogP contribution >= 0.6 is 23.1 Å². The third-order valence-electron chi connectivity index (χ3n) is 4.34. The Labute approximate surface area is 181 Å². The molecule has 0 unspecified atom stereocenters. The molecule has 1 N–H and O–H groups in total. The lowest BCUT2D eigenvalue weighted by Crippen LogP contribution is -2.29. The fraction of sp³-hybridized carbons (Fsp3) is 0.0455. The summed E-state index contributed by atoms with van der Waals surface area (Å²) in [6.07, 6.45) is 0. The third-order valence-corrected chi connectivity index (χ3v) is 5.56. The van der Waals surface area contributed by atoms with Crippen molar-refractivity contribution in [1.82, 2.24) is 8.52 Å². The van der Waals surface area contributed by atoms with Crippen LogP contribution in [0.4, 0.5) is 10.5 Å². The highest BCUT2D eigenvalue weighted by Gasteiger charge is 2.15. The minimum atomic E-state index is -0.567. The first-order valence-corrected chi connectivity index (χ1v) is 10.3. The number of amides is 2. The van der Waals surface area contributed by atoms with Crippen LogP contribution in [0.25, 0.3) is 11.4 Å². The van der Waals surface area contributed by atoms with Crippen LogP contribution in [0.1, 0.15) is 5.56 Å². The number of para-hydroxylation sites is 2. The molecule has 0 fully saturated rings. The molecule has 2 amide bonds. The van der Waals surface area contributed by atoms with E-state index in [4.69, 9.17) is 11.6 Å². The monoisotopic (exact) mass is 436 g/mol. The van der Waals surface area contributed by atoms with Gasteiger partial charge in [0, 0.05) is 10.7 Å². The molecule has 0 aliphatic rings. The number of benzene rings is 3. The maximum Gasteiger partial charge on any atom is 0.349 e. The first kappa shape index (κ1) is 19.9. The summed E-state index contributed by atoms with van der Waals surface area (Å²) in [6.45, 7) is 1.85. The van der Waals surface area contributed by atoms with Crippen LogP contribution in [0.15, 0.2) is 88.6 Å². The number of hydrogen-bond donors (Lipinski definition) is 1. The summed E-state index contributed by atoms with van der Waals surface area (Å²) < 4.78 is 2.93. The molecule has 0 aliphatic carbocycles. The van der Waals surface area contributed by atoms with E-state index in [-0.39, 0.29) is 10.5 Å². The zero-order valence-corrected chi connectivity index (χ0v) is 17.5. The van der Waals surface area contributed by atoms with Crippen LogP contribution in [0, 0.1) is 6.92 Å². The van der Waals surface area contributed by atoms with E-state index in [1.807, 2.05) is 55.5 Å². The predicted octanol–water partition coefficient (Wildman–Crippen LogP) is 4.78. The first-order chi connectivity index (χ1) is 14.5. The minimum absolute atomic E-state index is 0.253. The molecule has 4 rings (SSSR count). The largest absolute Gasteiger partial charge is 0.349 e. The highest BCUT2D eigenvalue weighted by molar-refractivity contribution is 7.03. The molecule has 30 heavy (non-hydrogen) atoms. The van der Waals surface area contributed by atoms with Crippen molar-refractivity contribution in [1.29, 1.82) is 0 Å². The van der Waals surface area contributed by atoms with Crippen molar-refractivity contribution in [3.8, 4) is 11.4 Å². The van der Waals surface area contributed by atoms with E-state index in [1.165, 1.54) is 8.52 Å². The summed E-state index contributed by atoms with van der Waals surface area (Å²) in [5, 5.41) is 3.28. The van der Waals surface area contributed by atoms with Gasteiger partial charge >= 0.3 is 11.7 Å². The van der Waals surface area contributed by atoms with Gasteiger partial charge in [-0.05, 0) is 66.5 Å². The van der Waals surface area contributed by atoms with Crippen molar-refractivity contribution in [3.05, 3.63) is 105 Å². The van der Waals surface area contributed by atoms with Crippen LogP contribution in [0.3, 0.4) is 0 Å². The summed E-state index contributed by atoms with van der Waals surface area (Å²) in [5.74, 6) is 0. The number of hydrogen-bond acceptors (Lipinski definition) is 3. The highest BCUT2D eigenvalue weighted by atomic mass is 35.5. The lowest BCUT2D eigenvalue weighted by Gasteiger charge is -2.06. The van der Waals surface area contributed by atoms with Crippen molar-refractivity contribution in [2.45, 2.75) is 6.92 Å². The number of rotatable bonds is 3.